The molecule has 1 aliphatic heterocycles. The lowest BCUT2D eigenvalue weighted by atomic mass is 9.93. The molecule has 0 amide bonds. The van der Waals surface area contributed by atoms with Gasteiger partial charge in [0.25, 0.3) is 5.56 Å². The number of hydrogen-bond donors (Lipinski definition) is 0. The van der Waals surface area contributed by atoms with E-state index in [1.54, 1.807) is 54.0 Å². The smallest absolute Gasteiger partial charge is 0.338 e. The number of benzene rings is 4. The van der Waals surface area contributed by atoms with Crippen LogP contribution >= 0.6 is 61.5 Å². The average Bonchev–Trinajstić information content (AvgIpc) is 3.35. The van der Waals surface area contributed by atoms with Crippen molar-refractivity contribution in [1.29, 1.82) is 0 Å². The van der Waals surface area contributed by atoms with Crippen molar-refractivity contribution < 1.29 is 18.7 Å². The standard InChI is InChI=1S/C35H24BrClFIN2O4S/c1-2-44-34(43)29-30(21-6-4-3-5-7-21)40-35-41(31(29)22-10-12-25(37)13-11-22)33(42)28(46-35)17-23-16-24(36)18-27(39)32(23)45-19-20-8-14-26(38)15-9-20/h3-18,31H,2,19H2,1H3/b28-17-/t31-/m1/s1. The first-order valence-corrected chi connectivity index (χ1v) is 17.2. The Morgan fingerprint density at radius 2 is 1.80 bits per heavy atom. The van der Waals surface area contributed by atoms with Gasteiger partial charge >= 0.3 is 5.97 Å². The Balaban J connectivity index is 1.55. The zero-order valence-electron chi connectivity index (χ0n) is 24.2. The van der Waals surface area contributed by atoms with E-state index in [1.165, 1.54) is 23.5 Å². The van der Waals surface area contributed by atoms with Crippen molar-refractivity contribution in [3.8, 4) is 5.75 Å². The molecule has 0 fully saturated rings. The Morgan fingerprint density at radius 1 is 1.09 bits per heavy atom. The van der Waals surface area contributed by atoms with Gasteiger partial charge in [0, 0.05) is 20.6 Å². The lowest BCUT2D eigenvalue weighted by molar-refractivity contribution is -0.138. The van der Waals surface area contributed by atoms with Gasteiger partial charge < -0.3 is 9.47 Å². The molecule has 0 saturated heterocycles. The third-order valence-corrected chi connectivity index (χ3v) is 9.67. The first kappa shape index (κ1) is 32.4. The molecule has 11 heteroatoms. The molecular formula is C35H24BrClFIN2O4S. The van der Waals surface area contributed by atoms with Gasteiger partial charge in [0.2, 0.25) is 0 Å². The van der Waals surface area contributed by atoms with Crippen molar-refractivity contribution in [3.63, 3.8) is 0 Å². The number of thiazole rings is 1. The average molecular weight is 830 g/mol. The normalized spacial score (nSPS) is 14.5. The predicted molar refractivity (Wildman–Crippen MR) is 190 cm³/mol. The van der Waals surface area contributed by atoms with Crippen molar-refractivity contribution in [2.24, 2.45) is 4.99 Å². The fourth-order valence-corrected chi connectivity index (χ4v) is 7.94. The molecule has 0 radical (unpaired) electrons. The number of fused-ring (bicyclic) bond motifs is 1. The van der Waals surface area contributed by atoms with Gasteiger partial charge in [-0.3, -0.25) is 9.36 Å². The highest BCUT2D eigenvalue weighted by Crippen LogP contribution is 2.36. The van der Waals surface area contributed by atoms with Crippen LogP contribution in [0.4, 0.5) is 4.39 Å². The van der Waals surface area contributed by atoms with Crippen molar-refractivity contribution in [2.75, 3.05) is 6.61 Å². The highest BCUT2D eigenvalue weighted by atomic mass is 127. The summed E-state index contributed by atoms with van der Waals surface area (Å²) in [6, 6.07) is 25.5. The second-order valence-corrected chi connectivity index (χ2v) is 13.7. The quantitative estimate of drug-likeness (QED) is 0.119. The molecule has 1 atom stereocenters. The van der Waals surface area contributed by atoms with Crippen LogP contribution in [0.5, 0.6) is 5.75 Å². The Kier molecular flexibility index (Phi) is 9.88. The SMILES string of the molecule is CCOC(=O)C1=C(c2ccccc2)N=c2s/c(=C\c3cc(Br)cc(I)c3OCc3ccc(F)cc3)c(=O)n2[C@@H]1c1ccc(Cl)cc1. The van der Waals surface area contributed by atoms with E-state index in [9.17, 15) is 14.0 Å². The van der Waals surface area contributed by atoms with Gasteiger partial charge in [0.1, 0.15) is 18.2 Å². The van der Waals surface area contributed by atoms with Gasteiger partial charge in [0.15, 0.2) is 4.80 Å². The highest BCUT2D eigenvalue weighted by Gasteiger charge is 2.35. The molecule has 0 saturated carbocycles. The molecule has 0 unspecified atom stereocenters. The van der Waals surface area contributed by atoms with Crippen molar-refractivity contribution in [3.05, 3.63) is 157 Å². The van der Waals surface area contributed by atoms with Crippen LogP contribution in [0, 0.1) is 9.39 Å². The van der Waals surface area contributed by atoms with Gasteiger partial charge in [-0.25, -0.2) is 14.2 Å². The number of esters is 1. The number of carbonyl (C=O) groups is 1. The zero-order chi connectivity index (χ0) is 32.4. The Morgan fingerprint density at radius 3 is 2.50 bits per heavy atom. The fourth-order valence-electron chi connectivity index (χ4n) is 5.12. The Labute approximate surface area is 294 Å². The molecule has 0 spiro atoms. The van der Waals surface area contributed by atoms with E-state index in [0.717, 1.165) is 19.2 Å². The Bertz CT molecular complexity index is 2150. The third kappa shape index (κ3) is 6.76. The van der Waals surface area contributed by atoms with E-state index < -0.39 is 12.0 Å². The first-order chi connectivity index (χ1) is 22.2. The van der Waals surface area contributed by atoms with Gasteiger partial charge in [-0.2, -0.15) is 0 Å². The minimum absolute atomic E-state index is 0.157. The van der Waals surface area contributed by atoms with Gasteiger partial charge in [-0.1, -0.05) is 93.5 Å². The van der Waals surface area contributed by atoms with Gasteiger partial charge in [-0.15, -0.1) is 0 Å². The van der Waals surface area contributed by atoms with E-state index in [1.807, 2.05) is 42.5 Å². The molecule has 0 bridgehead atoms. The third-order valence-electron chi connectivity index (χ3n) is 7.18. The van der Waals surface area contributed by atoms with Crippen LogP contribution in [-0.2, 0) is 16.1 Å². The molecule has 2 heterocycles. The molecule has 46 heavy (non-hydrogen) atoms. The maximum absolute atomic E-state index is 14.3. The number of aromatic nitrogens is 1. The van der Waals surface area contributed by atoms with Crippen molar-refractivity contribution in [1.82, 2.24) is 4.57 Å². The number of nitrogens with zero attached hydrogens (tertiary/aromatic N) is 2. The molecule has 1 aromatic heterocycles. The summed E-state index contributed by atoms with van der Waals surface area (Å²) in [5.74, 6) is -0.306. The van der Waals surface area contributed by atoms with E-state index >= 15 is 0 Å². The van der Waals surface area contributed by atoms with E-state index in [0.29, 0.717) is 36.9 Å². The number of halogens is 4. The van der Waals surface area contributed by atoms with Crippen LogP contribution in [0.25, 0.3) is 11.8 Å². The minimum atomic E-state index is -0.818. The molecule has 1 aliphatic rings. The molecular weight excluding hydrogens is 806 g/mol. The zero-order valence-corrected chi connectivity index (χ0v) is 29.5. The second-order valence-electron chi connectivity index (χ2n) is 10.2. The summed E-state index contributed by atoms with van der Waals surface area (Å²) in [5, 5.41) is 0.526. The number of hydrogen-bond acceptors (Lipinski definition) is 6. The molecule has 232 valence electrons. The largest absolute Gasteiger partial charge is 0.487 e. The molecule has 6 rings (SSSR count). The summed E-state index contributed by atoms with van der Waals surface area (Å²) >= 11 is 13.2. The summed E-state index contributed by atoms with van der Waals surface area (Å²) in [5.41, 5.74) is 3.25. The van der Waals surface area contributed by atoms with Crippen molar-refractivity contribution in [2.45, 2.75) is 19.6 Å². The van der Waals surface area contributed by atoms with Crippen LogP contribution in [0.1, 0.15) is 35.2 Å². The maximum atomic E-state index is 14.3. The van der Waals surface area contributed by atoms with Gasteiger partial charge in [0.05, 0.1) is 32.0 Å². The second kappa shape index (κ2) is 14.0. The minimum Gasteiger partial charge on any atom is -0.487 e. The Hall–Kier alpha value is -3.58. The van der Waals surface area contributed by atoms with Crippen LogP contribution in [-0.4, -0.2) is 17.1 Å². The maximum Gasteiger partial charge on any atom is 0.338 e. The number of carbonyl (C=O) groups excluding carboxylic acids is 1. The summed E-state index contributed by atoms with van der Waals surface area (Å²) in [4.78, 5) is 33.3. The van der Waals surface area contributed by atoms with Crippen molar-refractivity contribution >= 4 is 79.2 Å². The van der Waals surface area contributed by atoms with Crippen LogP contribution in [0.3, 0.4) is 0 Å². The number of ether oxygens (including phenoxy) is 2. The van der Waals surface area contributed by atoms with E-state index in [4.69, 9.17) is 26.1 Å². The number of rotatable bonds is 8. The first-order valence-electron chi connectivity index (χ1n) is 14.1. The predicted octanol–water partition coefficient (Wildman–Crippen LogP) is 7.67. The van der Waals surface area contributed by atoms with Gasteiger partial charge in [-0.05, 0) is 83.1 Å². The monoisotopic (exact) mass is 828 g/mol. The van der Waals surface area contributed by atoms with Crippen LogP contribution in [0.15, 0.2) is 111 Å². The van der Waals surface area contributed by atoms with Crippen LogP contribution < -0.4 is 19.6 Å². The molecule has 0 aliphatic carbocycles. The topological polar surface area (TPSA) is 69.9 Å². The summed E-state index contributed by atoms with van der Waals surface area (Å²) in [6.07, 6.45) is 1.77. The fraction of sp³-hybridized carbons (Fsp3) is 0.114. The van der Waals surface area contributed by atoms with E-state index in [2.05, 4.69) is 38.5 Å². The molecule has 0 N–H and O–H groups in total. The van der Waals surface area contributed by atoms with E-state index in [-0.39, 0.29) is 30.2 Å². The summed E-state index contributed by atoms with van der Waals surface area (Å²) in [6.45, 7) is 2.10. The summed E-state index contributed by atoms with van der Waals surface area (Å²) < 4.78 is 28.8. The lowest BCUT2D eigenvalue weighted by Crippen LogP contribution is -2.40. The molecule has 5 aromatic rings. The summed E-state index contributed by atoms with van der Waals surface area (Å²) in [7, 11) is 0. The van der Waals surface area contributed by atoms with Crippen LogP contribution in [0.2, 0.25) is 5.02 Å². The lowest BCUT2D eigenvalue weighted by Gasteiger charge is -2.26. The molecule has 4 aromatic carbocycles. The molecule has 6 nitrogen and oxygen atoms in total. The highest BCUT2D eigenvalue weighted by molar-refractivity contribution is 14.1.